The number of alkyl halides is 2. The summed E-state index contributed by atoms with van der Waals surface area (Å²) in [6.07, 6.45) is 2.33. The van der Waals surface area contributed by atoms with Crippen molar-refractivity contribution in [3.05, 3.63) is 34.9 Å². The maximum atomic E-state index is 12.6. The normalized spacial score (nSPS) is 21.1. The maximum Gasteiger partial charge on any atom is 0.261 e. The van der Waals surface area contributed by atoms with Gasteiger partial charge in [-0.05, 0) is 31.0 Å². The Morgan fingerprint density at radius 1 is 1.13 bits per heavy atom. The van der Waals surface area contributed by atoms with E-state index in [1.165, 1.54) is 6.33 Å². The molecule has 0 radical (unpaired) electrons. The van der Waals surface area contributed by atoms with E-state index < -0.39 is 18.5 Å². The van der Waals surface area contributed by atoms with Gasteiger partial charge in [-0.1, -0.05) is 6.42 Å². The van der Waals surface area contributed by atoms with Gasteiger partial charge < -0.3 is 10.2 Å². The number of halogens is 2. The molecule has 1 unspecified atom stereocenters. The van der Waals surface area contributed by atoms with Crippen molar-refractivity contribution in [1.29, 1.82) is 0 Å². The maximum absolute atomic E-state index is 12.6. The number of hydrogen-bond acceptors (Lipinski definition) is 5. The van der Waals surface area contributed by atoms with Crippen molar-refractivity contribution in [2.24, 2.45) is 0 Å². The fourth-order valence-electron chi connectivity index (χ4n) is 4.31. The van der Waals surface area contributed by atoms with Crippen LogP contribution >= 0.6 is 0 Å². The summed E-state index contributed by atoms with van der Waals surface area (Å²) in [7, 11) is 0. The van der Waals surface area contributed by atoms with Gasteiger partial charge in [0.15, 0.2) is 0 Å². The van der Waals surface area contributed by atoms with Gasteiger partial charge in [0.1, 0.15) is 0 Å². The number of nitrogens with one attached hydrogen (secondary N) is 1. The summed E-state index contributed by atoms with van der Waals surface area (Å²) >= 11 is 0. The molecular weight excluding hydrogens is 392 g/mol. The minimum absolute atomic E-state index is 0.160. The molecule has 1 N–H and O–H groups in total. The van der Waals surface area contributed by atoms with Crippen molar-refractivity contribution in [1.82, 2.24) is 19.8 Å². The molecule has 2 aromatic rings. The molecule has 4 rings (SSSR count). The van der Waals surface area contributed by atoms with Crippen LogP contribution in [0.3, 0.4) is 0 Å². The highest BCUT2D eigenvalue weighted by molar-refractivity contribution is 5.81. The molecule has 0 bridgehead atoms. The lowest BCUT2D eigenvalue weighted by Crippen LogP contribution is -2.51. The molecular formula is C21H27F2N5O2. The van der Waals surface area contributed by atoms with Gasteiger partial charge in [-0.15, -0.1) is 0 Å². The summed E-state index contributed by atoms with van der Waals surface area (Å²) in [5.41, 5.74) is 1.05. The molecule has 162 valence electrons. The van der Waals surface area contributed by atoms with Crippen molar-refractivity contribution in [2.75, 3.05) is 37.6 Å². The van der Waals surface area contributed by atoms with Gasteiger partial charge in [-0.3, -0.25) is 19.1 Å². The van der Waals surface area contributed by atoms with Gasteiger partial charge in [0.25, 0.3) is 12.0 Å². The van der Waals surface area contributed by atoms with E-state index in [2.05, 4.69) is 20.1 Å². The molecule has 1 aromatic carbocycles. The lowest BCUT2D eigenvalue weighted by Gasteiger charge is -2.37. The zero-order valence-corrected chi connectivity index (χ0v) is 16.9. The lowest BCUT2D eigenvalue weighted by atomic mass is 10.1. The van der Waals surface area contributed by atoms with E-state index >= 15 is 0 Å². The Morgan fingerprint density at radius 2 is 1.93 bits per heavy atom. The number of fused-ring (bicyclic) bond motifs is 1. The molecule has 1 aromatic heterocycles. The second-order valence-electron chi connectivity index (χ2n) is 8.09. The van der Waals surface area contributed by atoms with E-state index in [0.29, 0.717) is 17.3 Å². The Morgan fingerprint density at radius 3 is 2.70 bits per heavy atom. The number of aromatic nitrogens is 2. The average molecular weight is 419 g/mol. The number of piperazine rings is 1. The first-order chi connectivity index (χ1) is 14.5. The van der Waals surface area contributed by atoms with Gasteiger partial charge >= 0.3 is 0 Å². The number of anilines is 1. The predicted molar refractivity (Wildman–Crippen MR) is 111 cm³/mol. The third-order valence-corrected chi connectivity index (χ3v) is 5.93. The Bertz CT molecular complexity index is 956. The highest BCUT2D eigenvalue weighted by Crippen LogP contribution is 2.21. The standard InChI is InChI=1S/C21H27F2N5O2/c22-19(23)13-28-14-24-18-11-16(5-6-17(18)21(28)30)27-9-7-26(8-10-27)12-15-3-1-2-4-20(29)25-15/h5-6,11,14-15,19H,1-4,7-10,12-13H2,(H,25,29). The Kier molecular flexibility index (Phi) is 6.26. The number of rotatable bonds is 5. The van der Waals surface area contributed by atoms with E-state index in [9.17, 15) is 18.4 Å². The van der Waals surface area contributed by atoms with Crippen LogP contribution in [0.25, 0.3) is 10.9 Å². The van der Waals surface area contributed by atoms with Gasteiger partial charge in [0, 0.05) is 50.9 Å². The van der Waals surface area contributed by atoms with Crippen LogP contribution in [0.1, 0.15) is 25.7 Å². The van der Waals surface area contributed by atoms with Crippen LogP contribution in [0.5, 0.6) is 0 Å². The summed E-state index contributed by atoms with van der Waals surface area (Å²) < 4.78 is 26.2. The second-order valence-corrected chi connectivity index (χ2v) is 8.09. The number of carbonyl (C=O) groups is 1. The lowest BCUT2D eigenvalue weighted by molar-refractivity contribution is -0.121. The SMILES string of the molecule is O=C1CCCCC(CN2CCN(c3ccc4c(=O)n(CC(F)F)cnc4c3)CC2)N1. The number of nitrogens with zero attached hydrogens (tertiary/aromatic N) is 4. The first kappa shape index (κ1) is 20.7. The zero-order chi connectivity index (χ0) is 21.1. The van der Waals surface area contributed by atoms with Gasteiger partial charge in [0.2, 0.25) is 5.91 Å². The molecule has 0 spiro atoms. The molecule has 1 amide bonds. The smallest absolute Gasteiger partial charge is 0.261 e. The average Bonchev–Trinajstić information content (AvgIpc) is 2.94. The second kappa shape index (κ2) is 9.07. The third kappa shape index (κ3) is 4.77. The van der Waals surface area contributed by atoms with Crippen LogP contribution in [-0.4, -0.2) is 65.5 Å². The van der Waals surface area contributed by atoms with E-state index in [1.807, 2.05) is 12.1 Å². The topological polar surface area (TPSA) is 70.5 Å². The fourth-order valence-corrected chi connectivity index (χ4v) is 4.31. The van der Waals surface area contributed by atoms with E-state index in [0.717, 1.165) is 62.2 Å². The van der Waals surface area contributed by atoms with Crippen LogP contribution in [-0.2, 0) is 11.3 Å². The fraction of sp³-hybridized carbons (Fsp3) is 0.571. The highest BCUT2D eigenvalue weighted by atomic mass is 19.3. The molecule has 0 aliphatic carbocycles. The highest BCUT2D eigenvalue weighted by Gasteiger charge is 2.23. The Balaban J connectivity index is 1.39. The van der Waals surface area contributed by atoms with Crippen LogP contribution in [0.4, 0.5) is 14.5 Å². The molecule has 2 fully saturated rings. The number of hydrogen-bond donors (Lipinski definition) is 1. The first-order valence-corrected chi connectivity index (χ1v) is 10.5. The predicted octanol–water partition coefficient (Wildman–Crippen LogP) is 1.84. The van der Waals surface area contributed by atoms with E-state index in [-0.39, 0.29) is 11.9 Å². The largest absolute Gasteiger partial charge is 0.369 e. The quantitative estimate of drug-likeness (QED) is 0.801. The monoisotopic (exact) mass is 419 g/mol. The van der Waals surface area contributed by atoms with Gasteiger partial charge in [0.05, 0.1) is 23.8 Å². The van der Waals surface area contributed by atoms with E-state index in [1.54, 1.807) is 6.07 Å². The van der Waals surface area contributed by atoms with Crippen molar-refractivity contribution >= 4 is 22.5 Å². The zero-order valence-electron chi connectivity index (χ0n) is 16.9. The van der Waals surface area contributed by atoms with Crippen molar-refractivity contribution < 1.29 is 13.6 Å². The summed E-state index contributed by atoms with van der Waals surface area (Å²) in [6.45, 7) is 3.71. The molecule has 2 saturated heterocycles. The Labute approximate surface area is 173 Å². The molecule has 1 atom stereocenters. The Hall–Kier alpha value is -2.55. The summed E-state index contributed by atoms with van der Waals surface area (Å²) in [5.74, 6) is 0.160. The minimum Gasteiger partial charge on any atom is -0.369 e. The summed E-state index contributed by atoms with van der Waals surface area (Å²) in [5, 5.41) is 3.48. The van der Waals surface area contributed by atoms with Gasteiger partial charge in [-0.2, -0.15) is 0 Å². The van der Waals surface area contributed by atoms with Crippen LogP contribution in [0.15, 0.2) is 29.3 Å². The molecule has 2 aliphatic heterocycles. The molecule has 2 aliphatic rings. The number of amides is 1. The first-order valence-electron chi connectivity index (χ1n) is 10.5. The van der Waals surface area contributed by atoms with Crippen molar-refractivity contribution in [3.63, 3.8) is 0 Å². The molecule has 0 saturated carbocycles. The van der Waals surface area contributed by atoms with E-state index in [4.69, 9.17) is 0 Å². The number of benzene rings is 1. The van der Waals surface area contributed by atoms with Crippen LogP contribution < -0.4 is 15.8 Å². The number of carbonyl (C=O) groups excluding carboxylic acids is 1. The van der Waals surface area contributed by atoms with Crippen LogP contribution in [0.2, 0.25) is 0 Å². The molecule has 30 heavy (non-hydrogen) atoms. The van der Waals surface area contributed by atoms with Crippen molar-refractivity contribution in [3.8, 4) is 0 Å². The third-order valence-electron chi connectivity index (χ3n) is 5.93. The van der Waals surface area contributed by atoms with Crippen LogP contribution in [0, 0.1) is 0 Å². The van der Waals surface area contributed by atoms with Crippen molar-refractivity contribution in [2.45, 2.75) is 44.7 Å². The molecule has 9 heteroatoms. The molecule has 7 nitrogen and oxygen atoms in total. The molecule has 3 heterocycles. The van der Waals surface area contributed by atoms with Gasteiger partial charge in [-0.25, -0.2) is 13.8 Å². The summed E-state index contributed by atoms with van der Waals surface area (Å²) in [6, 6.07) is 5.62. The summed E-state index contributed by atoms with van der Waals surface area (Å²) in [4.78, 5) is 33.0. The minimum atomic E-state index is -2.59.